The molecular weight excluding hydrogens is 280 g/mol. The number of halogens is 1. The predicted octanol–water partition coefficient (Wildman–Crippen LogP) is 3.92. The first-order valence-corrected chi connectivity index (χ1v) is 7.05. The molecule has 0 aliphatic carbocycles. The smallest absolute Gasteiger partial charge is 0.0813 e. The van der Waals surface area contributed by atoms with Gasteiger partial charge in [-0.15, -0.1) is 0 Å². The van der Waals surface area contributed by atoms with Gasteiger partial charge in [0.05, 0.1) is 25.4 Å². The molecule has 1 heterocycles. The van der Waals surface area contributed by atoms with Crippen LogP contribution in [0.4, 0.5) is 0 Å². The van der Waals surface area contributed by atoms with E-state index in [-0.39, 0.29) is 0 Å². The molecule has 0 N–H and O–H groups in total. The van der Waals surface area contributed by atoms with E-state index in [0.29, 0.717) is 25.4 Å². The second kappa shape index (κ2) is 6.53. The van der Waals surface area contributed by atoms with E-state index in [2.05, 4.69) is 28.9 Å². The van der Waals surface area contributed by atoms with Gasteiger partial charge in [0.1, 0.15) is 0 Å². The number of benzene rings is 1. The van der Waals surface area contributed by atoms with Crippen molar-refractivity contribution < 1.29 is 9.47 Å². The molecular formula is C14H19BrO2. The summed E-state index contributed by atoms with van der Waals surface area (Å²) >= 11 is 3.52. The molecule has 17 heavy (non-hydrogen) atoms. The summed E-state index contributed by atoms with van der Waals surface area (Å²) in [5, 5.41) is 0. The topological polar surface area (TPSA) is 18.5 Å². The molecule has 0 saturated carbocycles. The van der Waals surface area contributed by atoms with Crippen LogP contribution in [0.2, 0.25) is 0 Å². The van der Waals surface area contributed by atoms with Crippen molar-refractivity contribution in [2.24, 2.45) is 0 Å². The van der Waals surface area contributed by atoms with Crippen LogP contribution in [-0.4, -0.2) is 18.8 Å². The second-order valence-electron chi connectivity index (χ2n) is 4.47. The molecule has 2 rings (SSSR count). The molecule has 0 amide bonds. The second-order valence-corrected chi connectivity index (χ2v) is 5.33. The molecule has 94 valence electrons. The lowest BCUT2D eigenvalue weighted by atomic mass is 10.2. The van der Waals surface area contributed by atoms with Gasteiger partial charge in [-0.1, -0.05) is 41.1 Å². The fourth-order valence-electron chi connectivity index (χ4n) is 2.12. The molecule has 1 aliphatic heterocycles. The number of ether oxygens (including phenoxy) is 2. The Bertz CT molecular complexity index is 354. The quantitative estimate of drug-likeness (QED) is 0.820. The lowest BCUT2D eigenvalue weighted by Crippen LogP contribution is -2.16. The van der Waals surface area contributed by atoms with Gasteiger partial charge in [-0.3, -0.25) is 0 Å². The minimum atomic E-state index is 0.294. The first-order chi connectivity index (χ1) is 8.29. The van der Waals surface area contributed by atoms with E-state index < -0.39 is 0 Å². The average molecular weight is 299 g/mol. The van der Waals surface area contributed by atoms with Crippen LogP contribution in [0.5, 0.6) is 0 Å². The highest BCUT2D eigenvalue weighted by Crippen LogP contribution is 2.23. The minimum Gasteiger partial charge on any atom is -0.374 e. The van der Waals surface area contributed by atoms with E-state index in [0.717, 1.165) is 17.3 Å². The summed E-state index contributed by atoms with van der Waals surface area (Å²) < 4.78 is 12.7. The third-order valence-corrected chi connectivity index (χ3v) is 3.94. The average Bonchev–Trinajstić information content (AvgIpc) is 2.80. The third-order valence-electron chi connectivity index (χ3n) is 3.17. The van der Waals surface area contributed by atoms with Gasteiger partial charge in [0.25, 0.3) is 0 Å². The van der Waals surface area contributed by atoms with Gasteiger partial charge >= 0.3 is 0 Å². The van der Waals surface area contributed by atoms with Crippen molar-refractivity contribution in [1.82, 2.24) is 0 Å². The Morgan fingerprint density at radius 2 is 2.06 bits per heavy atom. The van der Waals surface area contributed by atoms with Gasteiger partial charge in [-0.2, -0.15) is 0 Å². The highest BCUT2D eigenvalue weighted by atomic mass is 79.9. The fraction of sp³-hybridized carbons (Fsp3) is 0.571. The number of hydrogen-bond donors (Lipinski definition) is 0. The Morgan fingerprint density at radius 3 is 2.76 bits per heavy atom. The Kier molecular flexibility index (Phi) is 5.01. The molecule has 1 saturated heterocycles. The molecule has 2 atom stereocenters. The van der Waals surface area contributed by atoms with Gasteiger partial charge < -0.3 is 9.47 Å². The highest BCUT2D eigenvalue weighted by Gasteiger charge is 2.23. The van der Waals surface area contributed by atoms with Crippen LogP contribution in [-0.2, 0) is 16.1 Å². The largest absolute Gasteiger partial charge is 0.374 e. The van der Waals surface area contributed by atoms with Crippen molar-refractivity contribution in [3.8, 4) is 0 Å². The summed E-state index contributed by atoms with van der Waals surface area (Å²) in [4.78, 5) is 0. The van der Waals surface area contributed by atoms with Crippen molar-refractivity contribution in [2.45, 2.75) is 45.0 Å². The van der Waals surface area contributed by atoms with Gasteiger partial charge in [0.15, 0.2) is 0 Å². The summed E-state index contributed by atoms with van der Waals surface area (Å²) in [6.45, 7) is 3.53. The van der Waals surface area contributed by atoms with Crippen LogP contribution >= 0.6 is 15.9 Å². The molecule has 2 unspecified atom stereocenters. The normalized spacial score (nSPS) is 24.1. The Morgan fingerprint density at radius 1 is 1.29 bits per heavy atom. The zero-order chi connectivity index (χ0) is 12.1. The van der Waals surface area contributed by atoms with Crippen LogP contribution in [0.15, 0.2) is 28.7 Å². The monoisotopic (exact) mass is 298 g/mol. The molecule has 0 aromatic heterocycles. The van der Waals surface area contributed by atoms with Gasteiger partial charge in [-0.25, -0.2) is 0 Å². The molecule has 1 aromatic rings. The van der Waals surface area contributed by atoms with E-state index in [1.807, 2.05) is 18.2 Å². The van der Waals surface area contributed by atoms with Crippen LogP contribution in [0.1, 0.15) is 31.7 Å². The van der Waals surface area contributed by atoms with Crippen LogP contribution in [0, 0.1) is 0 Å². The van der Waals surface area contributed by atoms with E-state index in [1.54, 1.807) is 0 Å². The van der Waals surface area contributed by atoms with Crippen molar-refractivity contribution in [2.75, 3.05) is 6.61 Å². The summed E-state index contributed by atoms with van der Waals surface area (Å²) in [5.41, 5.74) is 1.19. The van der Waals surface area contributed by atoms with E-state index in [4.69, 9.17) is 9.47 Å². The maximum atomic E-state index is 5.84. The summed E-state index contributed by atoms with van der Waals surface area (Å²) in [7, 11) is 0. The first kappa shape index (κ1) is 13.1. The Labute approximate surface area is 111 Å². The molecule has 1 aliphatic rings. The molecule has 2 nitrogen and oxygen atoms in total. The molecule has 1 aromatic carbocycles. The summed E-state index contributed by atoms with van der Waals surface area (Å²) in [5.74, 6) is 0. The number of hydrogen-bond acceptors (Lipinski definition) is 2. The maximum absolute atomic E-state index is 5.84. The SMILES string of the molecule is CCC1CCC(COCc2ccccc2Br)O1. The Balaban J connectivity index is 1.72. The summed E-state index contributed by atoms with van der Waals surface area (Å²) in [6, 6.07) is 8.16. The lowest BCUT2D eigenvalue weighted by molar-refractivity contribution is -0.0204. The standard InChI is InChI=1S/C14H19BrO2/c1-2-12-7-8-13(17-12)10-16-9-11-5-3-4-6-14(11)15/h3-6,12-13H,2,7-10H2,1H3. The van der Waals surface area contributed by atoms with Gasteiger partial charge in [-0.05, 0) is 30.9 Å². The van der Waals surface area contributed by atoms with E-state index in [9.17, 15) is 0 Å². The predicted molar refractivity (Wildman–Crippen MR) is 72.0 cm³/mol. The molecule has 0 bridgehead atoms. The maximum Gasteiger partial charge on any atom is 0.0813 e. The third kappa shape index (κ3) is 3.80. The first-order valence-electron chi connectivity index (χ1n) is 6.26. The van der Waals surface area contributed by atoms with Crippen molar-refractivity contribution in [3.63, 3.8) is 0 Å². The Hall–Kier alpha value is -0.380. The van der Waals surface area contributed by atoms with Gasteiger partial charge in [0.2, 0.25) is 0 Å². The molecule has 1 fully saturated rings. The lowest BCUT2D eigenvalue weighted by Gasteiger charge is -2.13. The molecule has 3 heteroatoms. The van der Waals surface area contributed by atoms with E-state index >= 15 is 0 Å². The summed E-state index contributed by atoms with van der Waals surface area (Å²) in [6.07, 6.45) is 4.17. The van der Waals surface area contributed by atoms with Crippen LogP contribution < -0.4 is 0 Å². The zero-order valence-corrected chi connectivity index (χ0v) is 11.8. The van der Waals surface area contributed by atoms with Crippen LogP contribution in [0.25, 0.3) is 0 Å². The molecule has 0 radical (unpaired) electrons. The van der Waals surface area contributed by atoms with Crippen LogP contribution in [0.3, 0.4) is 0 Å². The van der Waals surface area contributed by atoms with Gasteiger partial charge in [0, 0.05) is 4.47 Å². The van der Waals surface area contributed by atoms with E-state index in [1.165, 1.54) is 12.0 Å². The highest BCUT2D eigenvalue weighted by molar-refractivity contribution is 9.10. The van der Waals surface area contributed by atoms with Crippen molar-refractivity contribution in [3.05, 3.63) is 34.3 Å². The molecule has 0 spiro atoms. The zero-order valence-electron chi connectivity index (χ0n) is 10.2. The van der Waals surface area contributed by atoms with Crippen molar-refractivity contribution in [1.29, 1.82) is 0 Å². The number of rotatable bonds is 5. The minimum absolute atomic E-state index is 0.294. The van der Waals surface area contributed by atoms with Crippen molar-refractivity contribution >= 4 is 15.9 Å². The fourth-order valence-corrected chi connectivity index (χ4v) is 2.52.